The van der Waals surface area contributed by atoms with Crippen molar-refractivity contribution in [2.75, 3.05) is 7.11 Å². The summed E-state index contributed by atoms with van der Waals surface area (Å²) in [5.41, 5.74) is 4.50. The van der Waals surface area contributed by atoms with Gasteiger partial charge in [-0.25, -0.2) is 4.79 Å². The molecule has 0 saturated heterocycles. The lowest BCUT2D eigenvalue weighted by Crippen LogP contribution is -2.42. The van der Waals surface area contributed by atoms with Crippen LogP contribution in [0, 0.1) is 0 Å². The molecule has 2 aromatic rings. The molecular weight excluding hydrogens is 364 g/mol. The highest BCUT2D eigenvalue weighted by Crippen LogP contribution is 2.45. The average Bonchev–Trinajstić information content (AvgIpc) is 2.70. The first-order chi connectivity index (χ1) is 13.6. The van der Waals surface area contributed by atoms with E-state index in [1.807, 2.05) is 50.3 Å². The van der Waals surface area contributed by atoms with Crippen LogP contribution in [0.4, 0.5) is 0 Å². The molecule has 2 aromatic carbocycles. The predicted octanol–water partition coefficient (Wildman–Crippen LogP) is 4.66. The summed E-state index contributed by atoms with van der Waals surface area (Å²) in [6, 6.07) is 11.2. The maximum absolute atomic E-state index is 12.7. The third kappa shape index (κ3) is 3.90. The quantitative estimate of drug-likeness (QED) is 0.607. The van der Waals surface area contributed by atoms with E-state index in [-0.39, 0.29) is 23.8 Å². The number of hydrogen-bond donors (Lipinski definition) is 1. The van der Waals surface area contributed by atoms with E-state index in [9.17, 15) is 14.7 Å². The summed E-state index contributed by atoms with van der Waals surface area (Å²) in [5, 5.41) is 9.94. The van der Waals surface area contributed by atoms with E-state index in [2.05, 4.69) is 13.8 Å². The normalized spacial score (nSPS) is 17.2. The fourth-order valence-electron chi connectivity index (χ4n) is 3.93. The van der Waals surface area contributed by atoms with Crippen LogP contribution in [-0.4, -0.2) is 24.0 Å². The molecule has 1 aliphatic rings. The highest BCUT2D eigenvalue weighted by molar-refractivity contribution is 5.93. The summed E-state index contributed by atoms with van der Waals surface area (Å²) in [5.74, 6) is -0.132. The number of ketones is 1. The van der Waals surface area contributed by atoms with Crippen molar-refractivity contribution < 1.29 is 19.4 Å². The molecule has 0 atom stereocenters. The molecule has 1 aliphatic carbocycles. The van der Waals surface area contributed by atoms with E-state index in [4.69, 9.17) is 4.74 Å². The van der Waals surface area contributed by atoms with Gasteiger partial charge in [0.25, 0.3) is 0 Å². The van der Waals surface area contributed by atoms with Crippen molar-refractivity contribution in [2.45, 2.75) is 51.6 Å². The Balaban J connectivity index is 2.02. The number of carbonyl (C=O) groups excluding carboxylic acids is 2. The molecule has 0 spiro atoms. The molecular formula is C25H28O4. The zero-order valence-electron chi connectivity index (χ0n) is 17.7. The van der Waals surface area contributed by atoms with Gasteiger partial charge in [-0.1, -0.05) is 50.3 Å². The van der Waals surface area contributed by atoms with E-state index in [0.717, 1.165) is 27.8 Å². The number of Topliss-reactive ketones (excluding diaryl/α,β-unsaturated/α-hetero) is 1. The fourth-order valence-corrected chi connectivity index (χ4v) is 3.93. The standard InChI is InChI=1S/C25H28O4/c1-24(2)14-22(27)25(3,4)21-12-18(19(15-26)13-20(21)24)11-8-16-6-9-17(10-7-16)23(28)29-5/h6-13,26H,14-15H2,1-5H3/b11-8+. The number of ether oxygens (including phenoxy) is 1. The smallest absolute Gasteiger partial charge is 0.337 e. The maximum Gasteiger partial charge on any atom is 0.337 e. The van der Waals surface area contributed by atoms with Gasteiger partial charge in [-0.05, 0) is 59.2 Å². The van der Waals surface area contributed by atoms with Crippen LogP contribution in [0.25, 0.3) is 12.2 Å². The van der Waals surface area contributed by atoms with E-state index in [0.29, 0.717) is 12.0 Å². The summed E-state index contributed by atoms with van der Waals surface area (Å²) < 4.78 is 4.72. The van der Waals surface area contributed by atoms with E-state index < -0.39 is 5.41 Å². The number of benzene rings is 2. The molecule has 4 heteroatoms. The number of aliphatic hydroxyl groups excluding tert-OH is 1. The van der Waals surface area contributed by atoms with Gasteiger partial charge in [0.15, 0.2) is 0 Å². The van der Waals surface area contributed by atoms with Crippen LogP contribution < -0.4 is 0 Å². The van der Waals surface area contributed by atoms with Gasteiger partial charge >= 0.3 is 5.97 Å². The van der Waals surface area contributed by atoms with Crippen LogP contribution in [0.3, 0.4) is 0 Å². The minimum Gasteiger partial charge on any atom is -0.465 e. The Hall–Kier alpha value is -2.72. The Labute approximate surface area is 172 Å². The molecule has 0 radical (unpaired) electrons. The second-order valence-corrected chi connectivity index (χ2v) is 8.81. The molecule has 0 heterocycles. The minimum absolute atomic E-state index is 0.0707. The van der Waals surface area contributed by atoms with Crippen LogP contribution >= 0.6 is 0 Å². The maximum atomic E-state index is 12.7. The lowest BCUT2D eigenvalue weighted by Gasteiger charge is -2.41. The van der Waals surface area contributed by atoms with Crippen molar-refractivity contribution >= 4 is 23.9 Å². The van der Waals surface area contributed by atoms with Gasteiger partial charge in [0.1, 0.15) is 5.78 Å². The summed E-state index contributed by atoms with van der Waals surface area (Å²) in [4.78, 5) is 24.3. The van der Waals surface area contributed by atoms with Gasteiger partial charge in [-0.3, -0.25) is 4.79 Å². The summed E-state index contributed by atoms with van der Waals surface area (Å²) in [6.07, 6.45) is 4.38. The highest BCUT2D eigenvalue weighted by atomic mass is 16.5. The minimum atomic E-state index is -0.552. The molecule has 0 amide bonds. The molecule has 29 heavy (non-hydrogen) atoms. The Morgan fingerprint density at radius 1 is 1.07 bits per heavy atom. The van der Waals surface area contributed by atoms with Gasteiger partial charge in [0.2, 0.25) is 0 Å². The third-order valence-electron chi connectivity index (χ3n) is 5.94. The SMILES string of the molecule is COC(=O)c1ccc(/C=C/c2cc3c(cc2CO)C(C)(C)CC(=O)C3(C)C)cc1. The number of carbonyl (C=O) groups is 2. The van der Waals surface area contributed by atoms with E-state index in [1.54, 1.807) is 12.1 Å². The van der Waals surface area contributed by atoms with Crippen molar-refractivity contribution in [2.24, 2.45) is 0 Å². The Kier molecular flexibility index (Phi) is 5.50. The zero-order chi connectivity index (χ0) is 21.4. The van der Waals surface area contributed by atoms with Crippen molar-refractivity contribution in [3.63, 3.8) is 0 Å². The van der Waals surface area contributed by atoms with Gasteiger partial charge in [0.05, 0.1) is 19.3 Å². The van der Waals surface area contributed by atoms with Crippen LogP contribution in [0.2, 0.25) is 0 Å². The van der Waals surface area contributed by atoms with Crippen LogP contribution in [-0.2, 0) is 27.0 Å². The van der Waals surface area contributed by atoms with Crippen LogP contribution in [0.15, 0.2) is 36.4 Å². The van der Waals surface area contributed by atoms with E-state index >= 15 is 0 Å². The average molecular weight is 392 g/mol. The molecule has 0 unspecified atom stereocenters. The Bertz CT molecular complexity index is 979. The molecule has 0 bridgehead atoms. The molecule has 0 aromatic heterocycles. The van der Waals surface area contributed by atoms with Gasteiger partial charge in [-0.2, -0.15) is 0 Å². The number of aliphatic hydroxyl groups is 1. The summed E-state index contributed by atoms with van der Waals surface area (Å²) in [6.45, 7) is 8.04. The fraction of sp³-hybridized carbons (Fsp3) is 0.360. The van der Waals surface area contributed by atoms with Crippen LogP contribution in [0.1, 0.15) is 72.3 Å². The van der Waals surface area contributed by atoms with Gasteiger partial charge in [-0.15, -0.1) is 0 Å². The first-order valence-electron chi connectivity index (χ1n) is 9.78. The van der Waals surface area contributed by atoms with Crippen molar-refractivity contribution in [1.82, 2.24) is 0 Å². The Morgan fingerprint density at radius 2 is 1.72 bits per heavy atom. The van der Waals surface area contributed by atoms with Crippen molar-refractivity contribution in [1.29, 1.82) is 0 Å². The second kappa shape index (κ2) is 7.60. The number of esters is 1. The number of hydrogen-bond acceptors (Lipinski definition) is 4. The number of methoxy groups -OCH3 is 1. The summed E-state index contributed by atoms with van der Waals surface area (Å²) >= 11 is 0. The van der Waals surface area contributed by atoms with Crippen molar-refractivity contribution in [3.8, 4) is 0 Å². The van der Waals surface area contributed by atoms with Gasteiger partial charge < -0.3 is 9.84 Å². The van der Waals surface area contributed by atoms with Crippen LogP contribution in [0.5, 0.6) is 0 Å². The first-order valence-corrected chi connectivity index (χ1v) is 9.78. The number of rotatable bonds is 4. The molecule has 152 valence electrons. The largest absolute Gasteiger partial charge is 0.465 e. The highest BCUT2D eigenvalue weighted by Gasteiger charge is 2.43. The number of fused-ring (bicyclic) bond motifs is 1. The molecule has 0 saturated carbocycles. The van der Waals surface area contributed by atoms with Gasteiger partial charge in [0, 0.05) is 11.8 Å². The molecule has 0 aliphatic heterocycles. The monoisotopic (exact) mass is 392 g/mol. The molecule has 1 N–H and O–H groups in total. The lowest BCUT2D eigenvalue weighted by molar-refractivity contribution is -0.125. The molecule has 0 fully saturated rings. The first kappa shape index (κ1) is 21.0. The van der Waals surface area contributed by atoms with Crippen molar-refractivity contribution in [3.05, 3.63) is 69.8 Å². The van der Waals surface area contributed by atoms with E-state index in [1.165, 1.54) is 7.11 Å². The predicted molar refractivity (Wildman–Crippen MR) is 115 cm³/mol. The molecule has 3 rings (SSSR count). The Morgan fingerprint density at radius 3 is 2.31 bits per heavy atom. The lowest BCUT2D eigenvalue weighted by atomic mass is 9.62. The summed E-state index contributed by atoms with van der Waals surface area (Å²) in [7, 11) is 1.36. The topological polar surface area (TPSA) is 63.6 Å². The third-order valence-corrected chi connectivity index (χ3v) is 5.94. The second-order valence-electron chi connectivity index (χ2n) is 8.81. The molecule has 4 nitrogen and oxygen atoms in total. The zero-order valence-corrected chi connectivity index (χ0v) is 17.7.